The Labute approximate surface area is 192 Å². The maximum absolute atomic E-state index is 3.30. The van der Waals surface area contributed by atoms with Crippen molar-refractivity contribution in [3.05, 3.63) is 102 Å². The van der Waals surface area contributed by atoms with Gasteiger partial charge in [0, 0.05) is 0 Å². The van der Waals surface area contributed by atoms with Crippen LogP contribution in [0.3, 0.4) is 0 Å². The van der Waals surface area contributed by atoms with Crippen LogP contribution in [0.15, 0.2) is 73.8 Å². The van der Waals surface area contributed by atoms with E-state index in [1.807, 2.05) is 6.07 Å². The van der Waals surface area contributed by atoms with Crippen molar-refractivity contribution in [1.29, 1.82) is 0 Å². The normalized spacial score (nSPS) is 9.41. The van der Waals surface area contributed by atoms with Gasteiger partial charge in [0.25, 0.3) is 0 Å². The number of hydrogen-bond donors (Lipinski definition) is 0. The van der Waals surface area contributed by atoms with Gasteiger partial charge in [-0.25, -0.2) is 12.1 Å². The quantitative estimate of drug-likeness (QED) is 0.244. The van der Waals surface area contributed by atoms with Crippen LogP contribution < -0.4 is 24.8 Å². The molecule has 1 aliphatic carbocycles. The van der Waals surface area contributed by atoms with E-state index in [0.717, 1.165) is 6.42 Å². The van der Waals surface area contributed by atoms with E-state index in [0.29, 0.717) is 0 Å². The molecule has 0 unspecified atom stereocenters. The Morgan fingerprint density at radius 1 is 0.852 bits per heavy atom. The Bertz CT molecular complexity index is 715. The summed E-state index contributed by atoms with van der Waals surface area (Å²) in [6.45, 7) is 10.4. The predicted molar refractivity (Wildman–Crippen MR) is 106 cm³/mol. The smallest absolute Gasteiger partial charge is 1.00 e. The molecule has 3 heteroatoms. The van der Waals surface area contributed by atoms with E-state index in [9.17, 15) is 0 Å². The molecule has 0 aromatic heterocycles. The first kappa shape index (κ1) is 28.0. The number of aryl methyl sites for hydroxylation is 2. The molecule has 1 aliphatic rings. The summed E-state index contributed by atoms with van der Waals surface area (Å²) in [4.78, 5) is 0. The monoisotopic (exact) mass is 432 g/mol. The molecule has 0 amide bonds. The van der Waals surface area contributed by atoms with Gasteiger partial charge in [0.15, 0.2) is 0 Å². The zero-order valence-electron chi connectivity index (χ0n) is 16.1. The Balaban J connectivity index is 0. The van der Waals surface area contributed by atoms with Gasteiger partial charge in [-0.3, -0.25) is 0 Å². The summed E-state index contributed by atoms with van der Waals surface area (Å²) in [5.41, 5.74) is 8.44. The third-order valence-electron chi connectivity index (χ3n) is 4.32. The van der Waals surface area contributed by atoms with Crippen LogP contribution in [0.4, 0.5) is 0 Å². The Hall–Kier alpha value is -1.18. The zero-order valence-corrected chi connectivity index (χ0v) is 19.1. The van der Waals surface area contributed by atoms with Crippen molar-refractivity contribution in [2.24, 2.45) is 0 Å². The summed E-state index contributed by atoms with van der Waals surface area (Å²) in [7, 11) is 0. The van der Waals surface area contributed by atoms with Crippen molar-refractivity contribution >= 4 is 0 Å². The SMILES string of the molecule is C=C.CCc1ccc(CC)[cH-]1.[Cl-].[Cl-].[Ti+4].[c-]1cccc2c1Cc1ccccc1-2. The average molecular weight is 433 g/mol. The van der Waals surface area contributed by atoms with Gasteiger partial charge in [0.2, 0.25) is 0 Å². The van der Waals surface area contributed by atoms with Crippen LogP contribution >= 0.6 is 0 Å². The van der Waals surface area contributed by atoms with Crippen molar-refractivity contribution in [1.82, 2.24) is 0 Å². The van der Waals surface area contributed by atoms with Gasteiger partial charge in [-0.2, -0.15) is 47.0 Å². The maximum Gasteiger partial charge on any atom is 4.00 e. The van der Waals surface area contributed by atoms with Crippen LogP contribution in [0.25, 0.3) is 11.1 Å². The van der Waals surface area contributed by atoms with Crippen molar-refractivity contribution in [3.8, 4) is 11.1 Å². The fourth-order valence-corrected chi connectivity index (χ4v) is 2.99. The number of fused-ring (bicyclic) bond motifs is 3. The molecule has 0 atom stereocenters. The van der Waals surface area contributed by atoms with Gasteiger partial charge in [-0.15, -0.1) is 18.7 Å². The Morgan fingerprint density at radius 3 is 1.96 bits per heavy atom. The molecule has 3 aromatic rings. The molecule has 27 heavy (non-hydrogen) atoms. The van der Waals surface area contributed by atoms with Crippen LogP contribution in [0.1, 0.15) is 36.1 Å². The minimum Gasteiger partial charge on any atom is -1.00 e. The number of halogens is 2. The van der Waals surface area contributed by atoms with Crippen molar-refractivity contribution in [2.45, 2.75) is 33.1 Å². The number of rotatable bonds is 2. The molecule has 0 aliphatic heterocycles. The van der Waals surface area contributed by atoms with Crippen LogP contribution in [-0.2, 0) is 41.0 Å². The molecular formula is C24H26Cl2Ti. The molecular weight excluding hydrogens is 407 g/mol. The van der Waals surface area contributed by atoms with E-state index in [2.05, 4.69) is 87.7 Å². The molecule has 140 valence electrons. The maximum atomic E-state index is 3.30. The zero-order chi connectivity index (χ0) is 17.4. The second-order valence-corrected chi connectivity index (χ2v) is 5.73. The fraction of sp³-hybridized carbons (Fsp3) is 0.208. The summed E-state index contributed by atoms with van der Waals surface area (Å²) in [6.07, 6.45) is 3.38. The molecule has 0 saturated heterocycles. The molecule has 0 nitrogen and oxygen atoms in total. The predicted octanol–water partition coefficient (Wildman–Crippen LogP) is 0.396. The Morgan fingerprint density at radius 2 is 1.41 bits per heavy atom. The first-order valence-electron chi connectivity index (χ1n) is 8.64. The van der Waals surface area contributed by atoms with Gasteiger partial charge >= 0.3 is 21.7 Å². The summed E-state index contributed by atoms with van der Waals surface area (Å²) in [6, 6.07) is 24.8. The summed E-state index contributed by atoms with van der Waals surface area (Å²) in [5, 5.41) is 0. The van der Waals surface area contributed by atoms with Gasteiger partial charge < -0.3 is 24.8 Å². The summed E-state index contributed by atoms with van der Waals surface area (Å²) in [5.74, 6) is 0. The van der Waals surface area contributed by atoms with Gasteiger partial charge in [0.05, 0.1) is 0 Å². The van der Waals surface area contributed by atoms with E-state index >= 15 is 0 Å². The van der Waals surface area contributed by atoms with Gasteiger partial charge in [-0.05, 0) is 6.42 Å². The first-order chi connectivity index (χ1) is 11.8. The standard InChI is InChI=1S/C13H9.C9H13.C2H4.2ClH.Ti/c1-3-7-12-10(5-1)9-11-6-2-4-8-13(11)12;1-3-8-5-6-9(4-2)7-8;1-2;;;/h1-5,7-8H,9H2;5-7H,3-4H2,1-2H3;1-2H2;2*1H;/q2*-1;;;;+4/p-2. The van der Waals surface area contributed by atoms with Gasteiger partial charge in [0.1, 0.15) is 0 Å². The number of hydrogen-bond acceptors (Lipinski definition) is 0. The van der Waals surface area contributed by atoms with Crippen molar-refractivity contribution in [2.75, 3.05) is 0 Å². The minimum atomic E-state index is 0. The topological polar surface area (TPSA) is 0 Å². The average Bonchev–Trinajstić information content (AvgIpc) is 3.28. The largest absolute Gasteiger partial charge is 4.00 e. The molecule has 3 aromatic carbocycles. The van der Waals surface area contributed by atoms with Crippen LogP contribution in [0.2, 0.25) is 0 Å². The van der Waals surface area contributed by atoms with Gasteiger partial charge in [-0.1, -0.05) is 62.1 Å². The van der Waals surface area contributed by atoms with Crippen LogP contribution in [-0.4, -0.2) is 0 Å². The van der Waals surface area contributed by atoms with E-state index < -0.39 is 0 Å². The summed E-state index contributed by atoms with van der Waals surface area (Å²) < 4.78 is 0. The van der Waals surface area contributed by atoms with E-state index in [4.69, 9.17) is 0 Å². The molecule has 0 fully saturated rings. The second kappa shape index (κ2) is 14.8. The first-order valence-corrected chi connectivity index (χ1v) is 8.64. The third kappa shape index (κ3) is 7.39. The molecule has 4 rings (SSSR count). The van der Waals surface area contributed by atoms with Crippen LogP contribution in [0, 0.1) is 6.07 Å². The number of benzene rings is 2. The molecule has 0 spiro atoms. The molecule has 0 N–H and O–H groups in total. The summed E-state index contributed by atoms with van der Waals surface area (Å²) >= 11 is 0. The minimum absolute atomic E-state index is 0. The van der Waals surface area contributed by atoms with Crippen molar-refractivity contribution < 1.29 is 46.5 Å². The van der Waals surface area contributed by atoms with E-state index in [1.165, 1.54) is 46.2 Å². The van der Waals surface area contributed by atoms with Crippen molar-refractivity contribution in [3.63, 3.8) is 0 Å². The molecule has 0 saturated carbocycles. The Kier molecular flexibility index (Phi) is 15.4. The van der Waals surface area contributed by atoms with E-state index in [-0.39, 0.29) is 46.5 Å². The second-order valence-electron chi connectivity index (χ2n) is 5.73. The molecule has 0 bridgehead atoms. The third-order valence-corrected chi connectivity index (χ3v) is 4.32. The fourth-order valence-electron chi connectivity index (χ4n) is 2.99. The molecule has 0 heterocycles. The molecule has 0 radical (unpaired) electrons. The van der Waals surface area contributed by atoms with E-state index in [1.54, 1.807) is 0 Å². The van der Waals surface area contributed by atoms with Crippen LogP contribution in [0.5, 0.6) is 0 Å².